The van der Waals surface area contributed by atoms with Crippen molar-refractivity contribution in [2.24, 2.45) is 0 Å². The molecule has 24 heavy (non-hydrogen) atoms. The number of carbonyl (C=O) groups excluding carboxylic acids is 1. The smallest absolute Gasteiger partial charge is 0.208 e. The van der Waals surface area contributed by atoms with Crippen LogP contribution < -0.4 is 5.32 Å². The topological polar surface area (TPSA) is 58.1 Å². The second kappa shape index (κ2) is 5.68. The summed E-state index contributed by atoms with van der Waals surface area (Å²) in [5, 5.41) is -0.452. The van der Waals surface area contributed by atoms with Gasteiger partial charge in [-0.25, -0.2) is 4.39 Å². The molecule has 1 aliphatic heterocycles. The lowest BCUT2D eigenvalue weighted by Crippen LogP contribution is -2.64. The maximum absolute atomic E-state index is 13.7. The monoisotopic (exact) mass is 312 g/mol. The number of nitrogens with zero attached hydrogens (tertiary/aromatic N) is 3. The minimum Gasteiger partial charge on any atom is -0.364 e. The van der Waals surface area contributed by atoms with Crippen LogP contribution in [0.2, 0.25) is 0 Å². The highest BCUT2D eigenvalue weighted by Gasteiger charge is 2.42. The first-order chi connectivity index (χ1) is 11.3. The number of carbonyl (C=O) groups is 1. The molecular formula is C14H9B4FN4O. The van der Waals surface area contributed by atoms with Gasteiger partial charge in [0.05, 0.1) is 55.2 Å². The molecule has 0 unspecified atom stereocenters. The molecule has 8 radical (unpaired) electrons. The van der Waals surface area contributed by atoms with E-state index in [0.717, 1.165) is 11.1 Å². The maximum Gasteiger partial charge on any atom is 0.208 e. The molecule has 10 heteroatoms. The summed E-state index contributed by atoms with van der Waals surface area (Å²) in [4.78, 5) is 20.2. The molecule has 2 aromatic heterocycles. The van der Waals surface area contributed by atoms with Crippen LogP contribution in [0, 0.1) is 5.82 Å². The fraction of sp³-hybridized carbons (Fsp3) is 0.214. The average molecular weight is 311 g/mol. The molecule has 0 saturated carbocycles. The summed E-state index contributed by atoms with van der Waals surface area (Å²) in [5.74, 6) is -0.528. The van der Waals surface area contributed by atoms with E-state index in [1.54, 1.807) is 6.07 Å². The fourth-order valence-electron chi connectivity index (χ4n) is 2.69. The Morgan fingerprint density at radius 1 is 1.29 bits per heavy atom. The van der Waals surface area contributed by atoms with E-state index in [1.165, 1.54) is 18.5 Å². The molecule has 0 atom stereocenters. The summed E-state index contributed by atoms with van der Waals surface area (Å²) in [7, 11) is 24.0. The zero-order chi connectivity index (χ0) is 17.5. The minimum absolute atomic E-state index is 0.0706. The van der Waals surface area contributed by atoms with Crippen molar-refractivity contribution in [3.8, 4) is 0 Å². The van der Waals surface area contributed by atoms with E-state index >= 15 is 0 Å². The third-order valence-electron chi connectivity index (χ3n) is 3.86. The molecule has 3 heterocycles. The van der Waals surface area contributed by atoms with E-state index in [9.17, 15) is 9.18 Å². The molecular weight excluding hydrogens is 302 g/mol. The van der Waals surface area contributed by atoms with Gasteiger partial charge >= 0.3 is 0 Å². The van der Waals surface area contributed by atoms with Gasteiger partial charge in [-0.2, -0.15) is 0 Å². The van der Waals surface area contributed by atoms with Crippen molar-refractivity contribution in [1.82, 2.24) is 14.9 Å². The SMILES string of the molecule is [B]C1([B])Cc2ncc(Nc3ccncc3F)cc2C([B])([B])N1C=O. The standard InChI is InChI=1S/C14H9B4FN4O/c15-13(16)4-12-9(14(17,18)23(13)7-24)3-8(5-21-12)22-11-1-2-20-6-10(11)19/h1-3,5-7H,4H2,(H,20,22). The van der Waals surface area contributed by atoms with Crippen LogP contribution in [0.25, 0.3) is 0 Å². The summed E-state index contributed by atoms with van der Waals surface area (Å²) in [5.41, 5.74) is 1.47. The molecule has 5 nitrogen and oxygen atoms in total. The van der Waals surface area contributed by atoms with Crippen molar-refractivity contribution in [3.05, 3.63) is 47.8 Å². The molecule has 1 N–H and O–H groups in total. The van der Waals surface area contributed by atoms with Gasteiger partial charge in [-0.05, 0) is 34.8 Å². The minimum atomic E-state index is -1.75. The zero-order valence-electron chi connectivity index (χ0n) is 12.6. The Balaban J connectivity index is 2.02. The lowest BCUT2D eigenvalue weighted by molar-refractivity contribution is -0.122. The number of anilines is 2. The Kier molecular flexibility index (Phi) is 3.93. The normalized spacial score (nSPS) is 17.8. The average Bonchev–Trinajstić information content (AvgIpc) is 2.49. The molecule has 2 aromatic rings. The molecule has 0 aliphatic carbocycles. The van der Waals surface area contributed by atoms with Gasteiger partial charge in [0, 0.05) is 11.9 Å². The Labute approximate surface area is 144 Å². The molecule has 0 saturated heterocycles. The zero-order valence-corrected chi connectivity index (χ0v) is 12.6. The molecule has 0 aromatic carbocycles. The van der Waals surface area contributed by atoms with Crippen molar-refractivity contribution in [1.29, 1.82) is 0 Å². The van der Waals surface area contributed by atoms with Gasteiger partial charge < -0.3 is 10.2 Å². The highest BCUT2D eigenvalue weighted by atomic mass is 19.1. The van der Waals surface area contributed by atoms with Gasteiger partial charge in [-0.1, -0.05) is 0 Å². The first-order valence-electron chi connectivity index (χ1n) is 7.02. The van der Waals surface area contributed by atoms with Crippen LogP contribution in [0.5, 0.6) is 0 Å². The van der Waals surface area contributed by atoms with Crippen LogP contribution in [0.15, 0.2) is 30.7 Å². The maximum atomic E-state index is 13.7. The molecule has 0 bridgehead atoms. The second-order valence-corrected chi connectivity index (χ2v) is 5.67. The molecule has 0 spiro atoms. The van der Waals surface area contributed by atoms with Crippen LogP contribution in [-0.2, 0) is 16.6 Å². The van der Waals surface area contributed by atoms with Crippen molar-refractivity contribution < 1.29 is 9.18 Å². The van der Waals surface area contributed by atoms with Crippen LogP contribution in [0.3, 0.4) is 0 Å². The Morgan fingerprint density at radius 2 is 2.04 bits per heavy atom. The molecule has 3 rings (SSSR count). The first kappa shape index (κ1) is 16.6. The van der Waals surface area contributed by atoms with Gasteiger partial charge in [0.25, 0.3) is 0 Å². The van der Waals surface area contributed by atoms with Gasteiger partial charge in [0.2, 0.25) is 6.41 Å². The molecule has 1 aliphatic rings. The van der Waals surface area contributed by atoms with Crippen LogP contribution in [-0.4, -0.2) is 58.0 Å². The number of pyridine rings is 2. The lowest BCUT2D eigenvalue weighted by Gasteiger charge is -2.53. The predicted molar refractivity (Wildman–Crippen MR) is 90.7 cm³/mol. The number of fused-ring (bicyclic) bond motifs is 1. The third-order valence-corrected chi connectivity index (χ3v) is 3.86. The number of aromatic nitrogens is 2. The quantitative estimate of drug-likeness (QED) is 0.631. The summed E-state index contributed by atoms with van der Waals surface area (Å²) in [6.07, 6.45) is 4.46. The number of amides is 1. The van der Waals surface area contributed by atoms with Crippen molar-refractivity contribution in [2.75, 3.05) is 5.32 Å². The van der Waals surface area contributed by atoms with E-state index in [1.807, 2.05) is 0 Å². The number of hydrogen-bond donors (Lipinski definition) is 1. The van der Waals surface area contributed by atoms with Gasteiger partial charge in [-0.3, -0.25) is 14.8 Å². The van der Waals surface area contributed by atoms with Crippen LogP contribution in [0.4, 0.5) is 15.8 Å². The lowest BCUT2D eigenvalue weighted by atomic mass is 9.46. The second-order valence-electron chi connectivity index (χ2n) is 5.67. The predicted octanol–water partition coefficient (Wildman–Crippen LogP) is -0.188. The highest BCUT2D eigenvalue weighted by Crippen LogP contribution is 2.36. The van der Waals surface area contributed by atoms with Gasteiger partial charge in [-0.15, -0.1) is 0 Å². The van der Waals surface area contributed by atoms with Gasteiger partial charge in [0.15, 0.2) is 5.82 Å². The summed E-state index contributed by atoms with van der Waals surface area (Å²) >= 11 is 0. The number of hydrogen-bond acceptors (Lipinski definition) is 4. The molecule has 110 valence electrons. The Bertz CT molecular complexity index is 802. The van der Waals surface area contributed by atoms with Crippen molar-refractivity contribution in [2.45, 2.75) is 17.1 Å². The van der Waals surface area contributed by atoms with E-state index in [2.05, 4.69) is 15.3 Å². The highest BCUT2D eigenvalue weighted by molar-refractivity contribution is 6.45. The van der Waals surface area contributed by atoms with E-state index in [-0.39, 0.29) is 12.1 Å². The fourth-order valence-corrected chi connectivity index (χ4v) is 2.69. The van der Waals surface area contributed by atoms with Gasteiger partial charge in [0.1, 0.15) is 0 Å². The van der Waals surface area contributed by atoms with E-state index in [4.69, 9.17) is 31.4 Å². The van der Waals surface area contributed by atoms with Crippen LogP contribution in [0.1, 0.15) is 11.3 Å². The number of nitrogens with one attached hydrogen (secondary N) is 1. The molecule has 1 amide bonds. The summed E-state index contributed by atoms with van der Waals surface area (Å²) in [6.45, 7) is 0. The summed E-state index contributed by atoms with van der Waals surface area (Å²) in [6, 6.07) is 3.05. The number of rotatable bonds is 3. The molecule has 0 fully saturated rings. The van der Waals surface area contributed by atoms with Crippen molar-refractivity contribution >= 4 is 49.2 Å². The van der Waals surface area contributed by atoms with Crippen LogP contribution >= 0.6 is 0 Å². The summed E-state index contributed by atoms with van der Waals surface area (Å²) < 4.78 is 13.7. The Hall–Kier alpha value is -2.24. The third kappa shape index (κ3) is 2.70. The largest absolute Gasteiger partial charge is 0.364 e. The van der Waals surface area contributed by atoms with E-state index < -0.39 is 16.5 Å². The number of halogens is 1. The Morgan fingerprint density at radius 3 is 2.71 bits per heavy atom. The van der Waals surface area contributed by atoms with Crippen molar-refractivity contribution in [3.63, 3.8) is 0 Å². The van der Waals surface area contributed by atoms with E-state index in [0.29, 0.717) is 23.4 Å². The first-order valence-corrected chi connectivity index (χ1v) is 7.02.